The first-order valence-corrected chi connectivity index (χ1v) is 5.09. The molecule has 5 heteroatoms. The highest BCUT2D eigenvalue weighted by molar-refractivity contribution is 5.94. The predicted octanol–water partition coefficient (Wildman–Crippen LogP) is 0.957. The standard InChI is InChI=1S/C12H12N2O3/c13-6-4-9-2-1-3-10(8-9)12(17)14-7-5-11(15)16/h1-3,8H,4-5,7H2,(H,14,17)(H,15,16). The van der Waals surface area contributed by atoms with E-state index in [1.54, 1.807) is 24.3 Å². The Balaban J connectivity index is 2.59. The maximum atomic E-state index is 11.6. The lowest BCUT2D eigenvalue weighted by Crippen LogP contribution is -2.26. The number of nitrogens with one attached hydrogen (secondary N) is 1. The lowest BCUT2D eigenvalue weighted by Gasteiger charge is -2.04. The number of nitrogens with zero attached hydrogens (tertiary/aromatic N) is 1. The molecular formula is C12H12N2O3. The van der Waals surface area contributed by atoms with E-state index in [0.717, 1.165) is 5.56 Å². The number of nitriles is 1. The number of hydrogen-bond acceptors (Lipinski definition) is 3. The molecule has 17 heavy (non-hydrogen) atoms. The van der Waals surface area contributed by atoms with Gasteiger partial charge < -0.3 is 10.4 Å². The van der Waals surface area contributed by atoms with Crippen molar-refractivity contribution >= 4 is 11.9 Å². The molecule has 0 radical (unpaired) electrons. The number of carbonyl (C=O) groups is 2. The summed E-state index contributed by atoms with van der Waals surface area (Å²) in [5.41, 5.74) is 1.20. The van der Waals surface area contributed by atoms with Crippen molar-refractivity contribution in [3.05, 3.63) is 35.4 Å². The van der Waals surface area contributed by atoms with E-state index < -0.39 is 5.97 Å². The van der Waals surface area contributed by atoms with Crippen LogP contribution >= 0.6 is 0 Å². The molecule has 0 aliphatic heterocycles. The van der Waals surface area contributed by atoms with Gasteiger partial charge in [0.2, 0.25) is 0 Å². The molecule has 0 fully saturated rings. The second kappa shape index (κ2) is 6.28. The number of carboxylic acids is 1. The number of carboxylic acid groups (broad SMARTS) is 1. The van der Waals surface area contributed by atoms with Crippen molar-refractivity contribution in [2.24, 2.45) is 0 Å². The van der Waals surface area contributed by atoms with E-state index in [-0.39, 0.29) is 25.3 Å². The van der Waals surface area contributed by atoms with Crippen LogP contribution in [0.4, 0.5) is 0 Å². The first kappa shape index (κ1) is 12.7. The number of hydrogen-bond donors (Lipinski definition) is 2. The normalized spacial score (nSPS) is 9.35. The van der Waals surface area contributed by atoms with Crippen LogP contribution in [-0.4, -0.2) is 23.5 Å². The molecule has 0 unspecified atom stereocenters. The van der Waals surface area contributed by atoms with Gasteiger partial charge in [0, 0.05) is 12.1 Å². The molecule has 0 aliphatic rings. The minimum absolute atomic E-state index is 0.0939. The van der Waals surface area contributed by atoms with Crippen molar-refractivity contribution in [3.8, 4) is 6.07 Å². The lowest BCUT2D eigenvalue weighted by molar-refractivity contribution is -0.136. The summed E-state index contributed by atoms with van der Waals surface area (Å²) >= 11 is 0. The number of rotatable bonds is 5. The van der Waals surface area contributed by atoms with E-state index >= 15 is 0 Å². The average molecular weight is 232 g/mol. The molecule has 0 atom stereocenters. The van der Waals surface area contributed by atoms with Gasteiger partial charge in [0.1, 0.15) is 0 Å². The summed E-state index contributed by atoms with van der Waals surface area (Å²) in [5, 5.41) is 19.5. The highest BCUT2D eigenvalue weighted by Gasteiger charge is 2.06. The quantitative estimate of drug-likeness (QED) is 0.791. The van der Waals surface area contributed by atoms with Crippen molar-refractivity contribution in [1.29, 1.82) is 5.26 Å². The first-order valence-electron chi connectivity index (χ1n) is 5.09. The van der Waals surface area contributed by atoms with E-state index in [4.69, 9.17) is 10.4 Å². The van der Waals surface area contributed by atoms with Gasteiger partial charge in [-0.1, -0.05) is 12.1 Å². The van der Waals surface area contributed by atoms with Crippen LogP contribution in [0.2, 0.25) is 0 Å². The van der Waals surface area contributed by atoms with Gasteiger partial charge in [-0.05, 0) is 17.7 Å². The summed E-state index contributed by atoms with van der Waals surface area (Å²) in [6.07, 6.45) is 0.139. The Bertz CT molecular complexity index is 463. The minimum Gasteiger partial charge on any atom is -0.481 e. The molecule has 0 aromatic heterocycles. The summed E-state index contributed by atoms with van der Waals surface area (Å²) in [6, 6.07) is 8.70. The number of aliphatic carboxylic acids is 1. The fraction of sp³-hybridized carbons (Fsp3) is 0.250. The Labute approximate surface area is 98.7 Å². The highest BCUT2D eigenvalue weighted by Crippen LogP contribution is 2.05. The number of amides is 1. The second-order valence-corrected chi connectivity index (χ2v) is 3.43. The van der Waals surface area contributed by atoms with Gasteiger partial charge in [0.25, 0.3) is 5.91 Å². The van der Waals surface area contributed by atoms with Gasteiger partial charge in [-0.25, -0.2) is 0 Å². The molecule has 2 N–H and O–H groups in total. The van der Waals surface area contributed by atoms with E-state index in [9.17, 15) is 9.59 Å². The minimum atomic E-state index is -0.955. The summed E-state index contributed by atoms with van der Waals surface area (Å²) < 4.78 is 0. The zero-order valence-electron chi connectivity index (χ0n) is 9.14. The molecule has 0 aliphatic carbocycles. The fourth-order valence-corrected chi connectivity index (χ4v) is 1.30. The van der Waals surface area contributed by atoms with Crippen LogP contribution in [0.3, 0.4) is 0 Å². The summed E-state index contributed by atoms with van der Waals surface area (Å²) in [7, 11) is 0. The average Bonchev–Trinajstić information content (AvgIpc) is 2.29. The maximum Gasteiger partial charge on any atom is 0.305 e. The van der Waals surface area contributed by atoms with Crippen molar-refractivity contribution < 1.29 is 14.7 Å². The molecule has 88 valence electrons. The fourth-order valence-electron chi connectivity index (χ4n) is 1.30. The smallest absolute Gasteiger partial charge is 0.305 e. The molecule has 1 aromatic carbocycles. The van der Waals surface area contributed by atoms with Gasteiger partial charge >= 0.3 is 5.97 Å². The molecule has 0 saturated heterocycles. The predicted molar refractivity (Wildman–Crippen MR) is 60.3 cm³/mol. The van der Waals surface area contributed by atoms with Crippen LogP contribution in [0.25, 0.3) is 0 Å². The second-order valence-electron chi connectivity index (χ2n) is 3.43. The van der Waals surface area contributed by atoms with Crippen LogP contribution in [0.1, 0.15) is 22.3 Å². The Morgan fingerprint density at radius 2 is 2.18 bits per heavy atom. The SMILES string of the molecule is N#CCc1cccc(C(=O)NCCC(=O)O)c1. The zero-order chi connectivity index (χ0) is 12.7. The van der Waals surface area contributed by atoms with Gasteiger partial charge in [-0.15, -0.1) is 0 Å². The number of benzene rings is 1. The Hall–Kier alpha value is -2.35. The van der Waals surface area contributed by atoms with Crippen LogP contribution in [0.15, 0.2) is 24.3 Å². The van der Waals surface area contributed by atoms with Gasteiger partial charge in [-0.3, -0.25) is 9.59 Å². The molecular weight excluding hydrogens is 220 g/mol. The maximum absolute atomic E-state index is 11.6. The summed E-state index contributed by atoms with van der Waals surface area (Å²) in [5.74, 6) is -1.28. The van der Waals surface area contributed by atoms with E-state index in [0.29, 0.717) is 5.56 Å². The van der Waals surface area contributed by atoms with Crippen LogP contribution < -0.4 is 5.32 Å². The summed E-state index contributed by atoms with van der Waals surface area (Å²) in [6.45, 7) is 0.0939. The molecule has 0 heterocycles. The molecule has 1 rings (SSSR count). The van der Waals surface area contributed by atoms with Gasteiger partial charge in [-0.2, -0.15) is 5.26 Å². The van der Waals surface area contributed by atoms with Gasteiger partial charge in [0.15, 0.2) is 0 Å². The monoisotopic (exact) mass is 232 g/mol. The van der Waals surface area contributed by atoms with Crippen molar-refractivity contribution in [2.75, 3.05) is 6.54 Å². The van der Waals surface area contributed by atoms with E-state index in [2.05, 4.69) is 5.32 Å². The third-order valence-electron chi connectivity index (χ3n) is 2.10. The zero-order valence-corrected chi connectivity index (χ0v) is 9.14. The third-order valence-corrected chi connectivity index (χ3v) is 2.10. The molecule has 0 bridgehead atoms. The summed E-state index contributed by atoms with van der Waals surface area (Å²) in [4.78, 5) is 21.9. The molecule has 0 spiro atoms. The van der Waals surface area contributed by atoms with E-state index in [1.165, 1.54) is 0 Å². The third kappa shape index (κ3) is 4.34. The highest BCUT2D eigenvalue weighted by atomic mass is 16.4. The van der Waals surface area contributed by atoms with Crippen LogP contribution in [0, 0.1) is 11.3 Å². The Morgan fingerprint density at radius 3 is 2.82 bits per heavy atom. The topological polar surface area (TPSA) is 90.2 Å². The van der Waals surface area contributed by atoms with Gasteiger partial charge in [0.05, 0.1) is 18.9 Å². The lowest BCUT2D eigenvalue weighted by atomic mass is 10.1. The molecule has 1 aromatic rings. The van der Waals surface area contributed by atoms with Crippen molar-refractivity contribution in [1.82, 2.24) is 5.32 Å². The Morgan fingerprint density at radius 1 is 1.41 bits per heavy atom. The van der Waals surface area contributed by atoms with Crippen molar-refractivity contribution in [3.63, 3.8) is 0 Å². The Kier molecular flexibility index (Phi) is 4.70. The molecule has 1 amide bonds. The molecule has 5 nitrogen and oxygen atoms in total. The number of carbonyl (C=O) groups excluding carboxylic acids is 1. The molecule has 0 saturated carbocycles. The van der Waals surface area contributed by atoms with Crippen molar-refractivity contribution in [2.45, 2.75) is 12.8 Å². The van der Waals surface area contributed by atoms with Crippen LogP contribution in [-0.2, 0) is 11.2 Å². The van der Waals surface area contributed by atoms with E-state index in [1.807, 2.05) is 6.07 Å². The van der Waals surface area contributed by atoms with Crippen LogP contribution in [0.5, 0.6) is 0 Å². The first-order chi connectivity index (χ1) is 8.13. The largest absolute Gasteiger partial charge is 0.481 e.